The Balaban J connectivity index is 1.17. The molecule has 3 aromatic carbocycles. The molecule has 10 heteroatoms. The van der Waals surface area contributed by atoms with E-state index in [1.54, 1.807) is 60.4 Å². The van der Waals surface area contributed by atoms with Gasteiger partial charge in [-0.25, -0.2) is 9.97 Å². The van der Waals surface area contributed by atoms with Crippen LogP contribution in [0.25, 0.3) is 11.3 Å². The molecule has 0 unspecified atom stereocenters. The Morgan fingerprint density at radius 1 is 0.857 bits per heavy atom. The number of nitrogens with one attached hydrogen (secondary N) is 2. The Morgan fingerprint density at radius 2 is 1.55 bits per heavy atom. The fourth-order valence-electron chi connectivity index (χ4n) is 4.67. The van der Waals surface area contributed by atoms with E-state index in [2.05, 4.69) is 20.6 Å². The fraction of sp³-hybridized carbons (Fsp3) is 0.219. The average molecular weight is 565 g/mol. The summed E-state index contributed by atoms with van der Waals surface area (Å²) in [4.78, 5) is 49.5. The second-order valence-electron chi connectivity index (χ2n) is 9.88. The van der Waals surface area contributed by atoms with Gasteiger partial charge in [0.25, 0.3) is 11.8 Å². The number of aromatic nitrogens is 2. The van der Waals surface area contributed by atoms with E-state index in [1.807, 2.05) is 48.5 Å². The molecule has 10 nitrogen and oxygen atoms in total. The first-order valence-corrected chi connectivity index (χ1v) is 13.7. The van der Waals surface area contributed by atoms with E-state index in [9.17, 15) is 14.4 Å². The lowest BCUT2D eigenvalue weighted by Crippen LogP contribution is -2.50. The number of ether oxygens (including phenoxy) is 1. The Labute approximate surface area is 244 Å². The van der Waals surface area contributed by atoms with Crippen LogP contribution in [0.3, 0.4) is 0 Å². The molecule has 0 bridgehead atoms. The predicted octanol–water partition coefficient (Wildman–Crippen LogP) is 4.13. The van der Waals surface area contributed by atoms with Gasteiger partial charge in [0.05, 0.1) is 12.8 Å². The van der Waals surface area contributed by atoms with Gasteiger partial charge in [-0.15, -0.1) is 0 Å². The van der Waals surface area contributed by atoms with Crippen molar-refractivity contribution in [2.45, 2.75) is 13.5 Å². The number of carbonyl (C=O) groups excluding carboxylic acids is 3. The molecule has 0 aliphatic carbocycles. The van der Waals surface area contributed by atoms with Gasteiger partial charge in [0.15, 0.2) is 0 Å². The summed E-state index contributed by atoms with van der Waals surface area (Å²) >= 11 is 0. The number of hydrogen-bond acceptors (Lipinski definition) is 7. The van der Waals surface area contributed by atoms with Crippen molar-refractivity contribution in [2.75, 3.05) is 38.6 Å². The van der Waals surface area contributed by atoms with E-state index in [4.69, 9.17) is 4.74 Å². The Kier molecular flexibility index (Phi) is 8.72. The van der Waals surface area contributed by atoms with Gasteiger partial charge in [0.2, 0.25) is 11.9 Å². The van der Waals surface area contributed by atoms with Crippen molar-refractivity contribution in [2.24, 2.45) is 0 Å². The minimum Gasteiger partial charge on any atom is -0.497 e. The van der Waals surface area contributed by atoms with Gasteiger partial charge in [0, 0.05) is 68.2 Å². The molecule has 2 N–H and O–H groups in total. The van der Waals surface area contributed by atoms with Crippen molar-refractivity contribution in [3.63, 3.8) is 0 Å². The van der Waals surface area contributed by atoms with Gasteiger partial charge in [-0.1, -0.05) is 24.3 Å². The monoisotopic (exact) mass is 564 g/mol. The topological polar surface area (TPSA) is 117 Å². The molecule has 5 rings (SSSR count). The van der Waals surface area contributed by atoms with Crippen LogP contribution in [-0.4, -0.2) is 70.8 Å². The zero-order chi connectivity index (χ0) is 29.5. The normalized spacial score (nSPS) is 12.9. The van der Waals surface area contributed by atoms with Crippen molar-refractivity contribution >= 4 is 29.4 Å². The number of piperazine rings is 1. The molecular formula is C32H32N6O4. The van der Waals surface area contributed by atoms with Gasteiger partial charge in [-0.2, -0.15) is 0 Å². The molecule has 1 aliphatic rings. The smallest absolute Gasteiger partial charge is 0.253 e. The molecular weight excluding hydrogens is 532 g/mol. The number of benzene rings is 3. The van der Waals surface area contributed by atoms with Crippen molar-refractivity contribution in [3.05, 3.63) is 102 Å². The number of nitrogens with zero attached hydrogens (tertiary/aromatic N) is 4. The number of rotatable bonds is 8. The summed E-state index contributed by atoms with van der Waals surface area (Å²) in [5, 5.41) is 6.11. The largest absolute Gasteiger partial charge is 0.497 e. The first kappa shape index (κ1) is 28.3. The SMILES string of the molecule is COc1cccc(CNC(=O)c2ccc(-c3ccnc(Nc4ccc(C(=O)N5CCN(C(C)=O)CC5)cc4)n3)cc2)c1. The highest BCUT2D eigenvalue weighted by Gasteiger charge is 2.23. The molecule has 2 heterocycles. The zero-order valence-corrected chi connectivity index (χ0v) is 23.5. The number of carbonyl (C=O) groups is 3. The van der Waals surface area contributed by atoms with Crippen LogP contribution in [0.5, 0.6) is 5.75 Å². The summed E-state index contributed by atoms with van der Waals surface area (Å²) in [6, 6.07) is 23.8. The van der Waals surface area contributed by atoms with Gasteiger partial charge in [0.1, 0.15) is 5.75 Å². The maximum atomic E-state index is 12.9. The van der Waals surface area contributed by atoms with Crippen molar-refractivity contribution in [1.82, 2.24) is 25.1 Å². The van der Waals surface area contributed by atoms with E-state index in [0.717, 1.165) is 22.6 Å². The molecule has 4 aromatic rings. The highest BCUT2D eigenvalue weighted by Crippen LogP contribution is 2.21. The van der Waals surface area contributed by atoms with Crippen LogP contribution in [0.4, 0.5) is 11.6 Å². The predicted molar refractivity (Wildman–Crippen MR) is 160 cm³/mol. The highest BCUT2D eigenvalue weighted by atomic mass is 16.5. The summed E-state index contributed by atoms with van der Waals surface area (Å²) < 4.78 is 5.23. The minimum absolute atomic E-state index is 0.0321. The number of methoxy groups -OCH3 is 1. The van der Waals surface area contributed by atoms with Gasteiger partial charge in [-0.3, -0.25) is 14.4 Å². The molecule has 1 fully saturated rings. The van der Waals surface area contributed by atoms with Crippen LogP contribution in [-0.2, 0) is 11.3 Å². The third-order valence-corrected chi connectivity index (χ3v) is 7.09. The molecule has 0 radical (unpaired) electrons. The fourth-order valence-corrected chi connectivity index (χ4v) is 4.67. The summed E-state index contributed by atoms with van der Waals surface area (Å²) in [5.74, 6) is 0.959. The van der Waals surface area contributed by atoms with Crippen LogP contribution in [0.15, 0.2) is 85.1 Å². The molecule has 1 saturated heterocycles. The second kappa shape index (κ2) is 12.9. The van der Waals surface area contributed by atoms with Crippen LogP contribution < -0.4 is 15.4 Å². The Bertz CT molecular complexity index is 1560. The zero-order valence-electron chi connectivity index (χ0n) is 23.5. The van der Waals surface area contributed by atoms with E-state index in [0.29, 0.717) is 55.5 Å². The number of anilines is 2. The standard InChI is InChI=1S/C32H32N6O4/c1-22(39)37-16-18-38(19-17-37)31(41)26-10-12-27(13-11-26)35-32-33-15-14-29(36-32)24-6-8-25(9-7-24)30(40)34-21-23-4-3-5-28(20-23)42-2/h3-15,20H,16-19,21H2,1-2H3,(H,34,40)(H,33,35,36). The molecule has 0 atom stereocenters. The van der Waals surface area contributed by atoms with Crippen LogP contribution in [0.2, 0.25) is 0 Å². The first-order valence-electron chi connectivity index (χ1n) is 13.7. The molecule has 1 aliphatic heterocycles. The third kappa shape index (κ3) is 6.90. The summed E-state index contributed by atoms with van der Waals surface area (Å²) in [5.41, 5.74) is 4.37. The number of hydrogen-bond donors (Lipinski definition) is 2. The lowest BCUT2D eigenvalue weighted by Gasteiger charge is -2.34. The lowest BCUT2D eigenvalue weighted by molar-refractivity contribution is -0.130. The van der Waals surface area contributed by atoms with Gasteiger partial charge >= 0.3 is 0 Å². The molecule has 3 amide bonds. The number of amides is 3. The van der Waals surface area contributed by atoms with Gasteiger partial charge in [-0.05, 0) is 60.2 Å². The first-order chi connectivity index (χ1) is 20.4. The summed E-state index contributed by atoms with van der Waals surface area (Å²) in [7, 11) is 1.61. The van der Waals surface area contributed by atoms with E-state index < -0.39 is 0 Å². The molecule has 214 valence electrons. The minimum atomic E-state index is -0.172. The van der Waals surface area contributed by atoms with Gasteiger partial charge < -0.3 is 25.2 Å². The molecule has 0 spiro atoms. The second-order valence-corrected chi connectivity index (χ2v) is 9.88. The van der Waals surface area contributed by atoms with E-state index in [1.165, 1.54) is 0 Å². The van der Waals surface area contributed by atoms with Crippen molar-refractivity contribution < 1.29 is 19.1 Å². The third-order valence-electron chi connectivity index (χ3n) is 7.09. The lowest BCUT2D eigenvalue weighted by atomic mass is 10.1. The summed E-state index contributed by atoms with van der Waals surface area (Å²) in [6.45, 7) is 4.09. The highest BCUT2D eigenvalue weighted by molar-refractivity contribution is 5.95. The average Bonchev–Trinajstić information content (AvgIpc) is 3.04. The quantitative estimate of drug-likeness (QED) is 0.331. The van der Waals surface area contributed by atoms with Crippen molar-refractivity contribution in [1.29, 1.82) is 0 Å². The molecule has 0 saturated carbocycles. The van der Waals surface area contributed by atoms with Crippen LogP contribution >= 0.6 is 0 Å². The van der Waals surface area contributed by atoms with Crippen LogP contribution in [0, 0.1) is 0 Å². The van der Waals surface area contributed by atoms with E-state index >= 15 is 0 Å². The van der Waals surface area contributed by atoms with Crippen molar-refractivity contribution in [3.8, 4) is 17.0 Å². The maximum Gasteiger partial charge on any atom is 0.253 e. The Hall–Kier alpha value is -5.25. The van der Waals surface area contributed by atoms with E-state index in [-0.39, 0.29) is 17.7 Å². The van der Waals surface area contributed by atoms with Crippen LogP contribution in [0.1, 0.15) is 33.2 Å². The molecule has 1 aromatic heterocycles. The summed E-state index contributed by atoms with van der Waals surface area (Å²) in [6.07, 6.45) is 1.66. The maximum absolute atomic E-state index is 12.9. The molecule has 42 heavy (non-hydrogen) atoms. The Morgan fingerprint density at radius 3 is 2.24 bits per heavy atom.